The number of aryl methyl sites for hydroxylation is 1. The summed E-state index contributed by atoms with van der Waals surface area (Å²) in [5.74, 6) is 0.575. The van der Waals surface area contributed by atoms with Crippen LogP contribution in [-0.4, -0.2) is 12.0 Å². The first-order valence-electron chi connectivity index (χ1n) is 6.80. The van der Waals surface area contributed by atoms with Gasteiger partial charge in [0, 0.05) is 16.3 Å². The Morgan fingerprint density at radius 2 is 1.81 bits per heavy atom. The lowest BCUT2D eigenvalue weighted by Crippen LogP contribution is -2.12. The summed E-state index contributed by atoms with van der Waals surface area (Å²) in [7, 11) is 0. The third-order valence-electron chi connectivity index (χ3n) is 2.92. The van der Waals surface area contributed by atoms with Crippen LogP contribution in [0.1, 0.15) is 29.8 Å². The van der Waals surface area contributed by atoms with Crippen LogP contribution < -0.4 is 10.1 Å². The van der Waals surface area contributed by atoms with Crippen molar-refractivity contribution in [1.29, 1.82) is 0 Å². The van der Waals surface area contributed by atoms with Crippen molar-refractivity contribution in [2.24, 2.45) is 0 Å². The van der Waals surface area contributed by atoms with Crippen molar-refractivity contribution in [2.75, 3.05) is 5.32 Å². The number of carbonyl (C=O) groups excluding carboxylic acids is 1. The summed E-state index contributed by atoms with van der Waals surface area (Å²) in [5, 5.41) is 3.46. The monoisotopic (exact) mass is 303 g/mol. The summed E-state index contributed by atoms with van der Waals surface area (Å²) in [4.78, 5) is 12.1. The minimum atomic E-state index is -0.175. The zero-order valence-corrected chi connectivity index (χ0v) is 13.1. The fraction of sp³-hybridized carbons (Fsp3) is 0.235. The number of carbonyl (C=O) groups is 1. The number of halogens is 1. The highest BCUT2D eigenvalue weighted by atomic mass is 35.5. The van der Waals surface area contributed by atoms with E-state index in [9.17, 15) is 4.79 Å². The highest BCUT2D eigenvalue weighted by Gasteiger charge is 2.07. The molecule has 1 N–H and O–H groups in total. The van der Waals surface area contributed by atoms with Crippen molar-refractivity contribution >= 4 is 23.2 Å². The maximum absolute atomic E-state index is 12.1. The summed E-state index contributed by atoms with van der Waals surface area (Å²) >= 11 is 6.04. The van der Waals surface area contributed by atoms with Crippen LogP contribution in [0.25, 0.3) is 0 Å². The van der Waals surface area contributed by atoms with Crippen LogP contribution in [-0.2, 0) is 0 Å². The Morgan fingerprint density at radius 3 is 2.38 bits per heavy atom. The molecule has 0 bridgehead atoms. The molecule has 21 heavy (non-hydrogen) atoms. The molecule has 2 aromatic carbocycles. The second-order valence-electron chi connectivity index (χ2n) is 5.11. The predicted octanol–water partition coefficient (Wildman–Crippen LogP) is 4.69. The van der Waals surface area contributed by atoms with Gasteiger partial charge in [0.1, 0.15) is 5.75 Å². The van der Waals surface area contributed by atoms with E-state index in [1.807, 2.05) is 32.9 Å². The molecule has 0 aromatic heterocycles. The van der Waals surface area contributed by atoms with Crippen LogP contribution in [0.3, 0.4) is 0 Å². The topological polar surface area (TPSA) is 38.3 Å². The quantitative estimate of drug-likeness (QED) is 0.890. The molecule has 0 heterocycles. The summed E-state index contributed by atoms with van der Waals surface area (Å²) in [5.41, 5.74) is 2.23. The highest BCUT2D eigenvalue weighted by Crippen LogP contribution is 2.21. The third kappa shape index (κ3) is 4.23. The van der Waals surface area contributed by atoms with Gasteiger partial charge in [0.25, 0.3) is 5.91 Å². The van der Waals surface area contributed by atoms with Gasteiger partial charge in [0.05, 0.1) is 6.10 Å². The average molecular weight is 304 g/mol. The van der Waals surface area contributed by atoms with Gasteiger partial charge in [-0.3, -0.25) is 4.79 Å². The normalized spacial score (nSPS) is 10.5. The van der Waals surface area contributed by atoms with Gasteiger partial charge in [-0.1, -0.05) is 17.7 Å². The molecule has 0 unspecified atom stereocenters. The van der Waals surface area contributed by atoms with Crippen LogP contribution in [0.4, 0.5) is 5.69 Å². The largest absolute Gasteiger partial charge is 0.491 e. The summed E-state index contributed by atoms with van der Waals surface area (Å²) in [6.07, 6.45) is 0.111. The number of hydrogen-bond acceptors (Lipinski definition) is 2. The molecule has 0 radical (unpaired) electrons. The molecule has 0 saturated carbocycles. The van der Waals surface area contributed by atoms with Crippen molar-refractivity contribution in [3.63, 3.8) is 0 Å². The fourth-order valence-corrected chi connectivity index (χ4v) is 2.01. The molecule has 0 spiro atoms. The van der Waals surface area contributed by atoms with Crippen LogP contribution in [0.5, 0.6) is 5.75 Å². The van der Waals surface area contributed by atoms with E-state index in [4.69, 9.17) is 16.3 Å². The lowest BCUT2D eigenvalue weighted by atomic mass is 10.2. The second kappa shape index (κ2) is 6.64. The Hall–Kier alpha value is -2.00. The molecule has 4 heteroatoms. The van der Waals surface area contributed by atoms with Crippen LogP contribution in [0, 0.1) is 6.92 Å². The number of nitrogens with one attached hydrogen (secondary N) is 1. The standard InChI is InChI=1S/C17H18ClNO2/c1-11(2)21-15-8-5-13(6-9-15)17(20)19-14-7-4-12(3)16(18)10-14/h4-11H,1-3H3,(H,19,20). The van der Waals surface area contributed by atoms with Crippen LogP contribution in [0.15, 0.2) is 42.5 Å². The van der Waals surface area contributed by atoms with E-state index in [0.29, 0.717) is 16.3 Å². The lowest BCUT2D eigenvalue weighted by molar-refractivity contribution is 0.102. The minimum Gasteiger partial charge on any atom is -0.491 e. The molecule has 0 aliphatic rings. The van der Waals surface area contributed by atoms with Gasteiger partial charge in [0.15, 0.2) is 0 Å². The number of amides is 1. The maximum atomic E-state index is 12.1. The van der Waals surface area contributed by atoms with E-state index in [0.717, 1.165) is 11.3 Å². The number of anilines is 1. The summed E-state index contributed by atoms with van der Waals surface area (Å²) in [6, 6.07) is 12.5. The zero-order chi connectivity index (χ0) is 15.4. The van der Waals surface area contributed by atoms with E-state index in [1.54, 1.807) is 30.3 Å². The highest BCUT2D eigenvalue weighted by molar-refractivity contribution is 6.31. The van der Waals surface area contributed by atoms with E-state index in [-0.39, 0.29) is 12.0 Å². The second-order valence-corrected chi connectivity index (χ2v) is 5.52. The smallest absolute Gasteiger partial charge is 0.255 e. The molecule has 0 aliphatic heterocycles. The number of hydrogen-bond donors (Lipinski definition) is 1. The van der Waals surface area contributed by atoms with E-state index >= 15 is 0 Å². The van der Waals surface area contributed by atoms with Crippen molar-refractivity contribution in [2.45, 2.75) is 26.9 Å². The van der Waals surface area contributed by atoms with E-state index in [2.05, 4.69) is 5.32 Å². The third-order valence-corrected chi connectivity index (χ3v) is 3.33. The van der Waals surface area contributed by atoms with E-state index < -0.39 is 0 Å². The average Bonchev–Trinajstić information content (AvgIpc) is 2.43. The summed E-state index contributed by atoms with van der Waals surface area (Å²) < 4.78 is 5.55. The van der Waals surface area contributed by atoms with Crippen molar-refractivity contribution in [1.82, 2.24) is 0 Å². The molecule has 3 nitrogen and oxygen atoms in total. The van der Waals surface area contributed by atoms with E-state index in [1.165, 1.54) is 0 Å². The Balaban J connectivity index is 2.07. The van der Waals surface area contributed by atoms with Crippen LogP contribution >= 0.6 is 11.6 Å². The molecule has 0 atom stereocenters. The minimum absolute atomic E-state index is 0.111. The Morgan fingerprint density at radius 1 is 1.14 bits per heavy atom. The lowest BCUT2D eigenvalue weighted by Gasteiger charge is -2.10. The maximum Gasteiger partial charge on any atom is 0.255 e. The number of benzene rings is 2. The Bertz CT molecular complexity index is 636. The molecule has 2 aromatic rings. The molecule has 0 saturated heterocycles. The van der Waals surface area contributed by atoms with Crippen molar-refractivity contribution in [3.05, 3.63) is 58.6 Å². The molecular formula is C17H18ClNO2. The van der Waals surface area contributed by atoms with Gasteiger partial charge in [-0.25, -0.2) is 0 Å². The van der Waals surface area contributed by atoms with Crippen LogP contribution in [0.2, 0.25) is 5.02 Å². The summed E-state index contributed by atoms with van der Waals surface area (Å²) in [6.45, 7) is 5.84. The molecule has 2 rings (SSSR count). The Kier molecular flexibility index (Phi) is 4.86. The first-order chi connectivity index (χ1) is 9.95. The number of ether oxygens (including phenoxy) is 1. The molecular weight excluding hydrogens is 286 g/mol. The predicted molar refractivity (Wildman–Crippen MR) is 86.3 cm³/mol. The van der Waals surface area contributed by atoms with Gasteiger partial charge in [-0.2, -0.15) is 0 Å². The van der Waals surface area contributed by atoms with Gasteiger partial charge in [-0.15, -0.1) is 0 Å². The van der Waals surface area contributed by atoms with Gasteiger partial charge < -0.3 is 10.1 Å². The number of rotatable bonds is 4. The Labute approximate surface area is 129 Å². The van der Waals surface area contributed by atoms with Gasteiger partial charge in [0.2, 0.25) is 0 Å². The molecule has 110 valence electrons. The first-order valence-corrected chi connectivity index (χ1v) is 7.17. The molecule has 0 aliphatic carbocycles. The SMILES string of the molecule is Cc1ccc(NC(=O)c2ccc(OC(C)C)cc2)cc1Cl. The molecule has 1 amide bonds. The first kappa shape index (κ1) is 15.4. The fourth-order valence-electron chi connectivity index (χ4n) is 1.83. The van der Waals surface area contributed by atoms with Crippen molar-refractivity contribution in [3.8, 4) is 5.75 Å². The van der Waals surface area contributed by atoms with Gasteiger partial charge in [-0.05, 0) is 62.7 Å². The van der Waals surface area contributed by atoms with Gasteiger partial charge >= 0.3 is 0 Å². The zero-order valence-electron chi connectivity index (χ0n) is 12.3. The van der Waals surface area contributed by atoms with Crippen molar-refractivity contribution < 1.29 is 9.53 Å². The molecule has 0 fully saturated rings.